The topological polar surface area (TPSA) is 41.5 Å². The van der Waals surface area contributed by atoms with Crippen molar-refractivity contribution in [1.29, 1.82) is 0 Å². The minimum absolute atomic E-state index is 0. The third-order valence-corrected chi connectivity index (χ3v) is 0.908. The Balaban J connectivity index is 0.000000490. The standard InChI is InChI=1S/C4H9NO2.ClH/c6-4-3-5-1-2-7-4;/h4-6H,1-3H2;1H. The highest BCUT2D eigenvalue weighted by Crippen LogP contribution is 1.87. The van der Waals surface area contributed by atoms with E-state index in [1.807, 2.05) is 0 Å². The van der Waals surface area contributed by atoms with Gasteiger partial charge in [-0.25, -0.2) is 0 Å². The Morgan fingerprint density at radius 3 is 2.62 bits per heavy atom. The summed E-state index contributed by atoms with van der Waals surface area (Å²) in [6, 6.07) is 0. The van der Waals surface area contributed by atoms with E-state index in [1.165, 1.54) is 0 Å². The van der Waals surface area contributed by atoms with Crippen molar-refractivity contribution in [2.45, 2.75) is 6.29 Å². The summed E-state index contributed by atoms with van der Waals surface area (Å²) in [5, 5.41) is 11.6. The molecule has 2 N–H and O–H groups in total. The first-order valence-electron chi connectivity index (χ1n) is 2.40. The molecule has 0 aromatic heterocycles. The smallest absolute Gasteiger partial charge is 0.167 e. The zero-order chi connectivity index (χ0) is 5.11. The summed E-state index contributed by atoms with van der Waals surface area (Å²) in [6.07, 6.45) is -0.575. The van der Waals surface area contributed by atoms with E-state index in [4.69, 9.17) is 9.84 Å². The van der Waals surface area contributed by atoms with Crippen LogP contribution >= 0.6 is 12.4 Å². The van der Waals surface area contributed by atoms with Crippen molar-refractivity contribution in [3.05, 3.63) is 0 Å². The minimum atomic E-state index is -0.575. The summed E-state index contributed by atoms with van der Waals surface area (Å²) in [4.78, 5) is 0. The lowest BCUT2D eigenvalue weighted by molar-refractivity contribution is -0.112. The van der Waals surface area contributed by atoms with Crippen molar-refractivity contribution in [2.75, 3.05) is 19.7 Å². The number of halogens is 1. The summed E-state index contributed by atoms with van der Waals surface area (Å²) in [6.45, 7) is 2.05. The molecule has 1 unspecified atom stereocenters. The van der Waals surface area contributed by atoms with Crippen LogP contribution in [0.25, 0.3) is 0 Å². The largest absolute Gasteiger partial charge is 0.367 e. The Kier molecular flexibility index (Phi) is 4.18. The van der Waals surface area contributed by atoms with Gasteiger partial charge in [0.15, 0.2) is 6.29 Å². The second-order valence-electron chi connectivity index (χ2n) is 1.53. The highest BCUT2D eigenvalue weighted by Gasteiger charge is 2.06. The summed E-state index contributed by atoms with van der Waals surface area (Å²) in [7, 11) is 0. The van der Waals surface area contributed by atoms with E-state index in [-0.39, 0.29) is 12.4 Å². The number of nitrogens with one attached hydrogen (secondary N) is 1. The van der Waals surface area contributed by atoms with Gasteiger partial charge in [0.25, 0.3) is 0 Å². The van der Waals surface area contributed by atoms with E-state index in [9.17, 15) is 0 Å². The maximum atomic E-state index is 8.62. The molecule has 0 aliphatic carbocycles. The minimum Gasteiger partial charge on any atom is -0.367 e. The molecule has 4 heteroatoms. The predicted molar refractivity (Wildman–Crippen MR) is 32.1 cm³/mol. The third-order valence-electron chi connectivity index (χ3n) is 0.908. The number of aliphatic hydroxyl groups is 1. The fraction of sp³-hybridized carbons (Fsp3) is 1.00. The van der Waals surface area contributed by atoms with Crippen LogP contribution < -0.4 is 5.32 Å². The second-order valence-corrected chi connectivity index (χ2v) is 1.53. The lowest BCUT2D eigenvalue weighted by Crippen LogP contribution is -2.38. The first-order chi connectivity index (χ1) is 3.39. The van der Waals surface area contributed by atoms with Crippen molar-refractivity contribution in [2.24, 2.45) is 0 Å². The van der Waals surface area contributed by atoms with E-state index < -0.39 is 6.29 Å². The molecule has 3 nitrogen and oxygen atoms in total. The van der Waals surface area contributed by atoms with Gasteiger partial charge in [0.1, 0.15) is 0 Å². The van der Waals surface area contributed by atoms with Crippen LogP contribution in [-0.2, 0) is 4.74 Å². The number of ether oxygens (including phenoxy) is 1. The van der Waals surface area contributed by atoms with Crippen LogP contribution in [0, 0.1) is 0 Å². The summed E-state index contributed by atoms with van der Waals surface area (Å²) < 4.78 is 4.77. The van der Waals surface area contributed by atoms with Gasteiger partial charge in [-0.15, -0.1) is 12.4 Å². The molecular formula is C4H10ClNO2. The van der Waals surface area contributed by atoms with E-state index in [1.54, 1.807) is 0 Å². The maximum Gasteiger partial charge on any atom is 0.167 e. The van der Waals surface area contributed by atoms with Gasteiger partial charge in [-0.1, -0.05) is 0 Å². The molecule has 1 saturated heterocycles. The normalized spacial score (nSPS) is 28.9. The Hall–Kier alpha value is 0.170. The molecule has 1 heterocycles. The molecular weight excluding hydrogens is 130 g/mol. The Morgan fingerprint density at radius 2 is 2.38 bits per heavy atom. The molecule has 0 spiro atoms. The average molecular weight is 140 g/mol. The Morgan fingerprint density at radius 1 is 1.62 bits per heavy atom. The number of morpholine rings is 1. The highest BCUT2D eigenvalue weighted by molar-refractivity contribution is 5.85. The number of hydrogen-bond donors (Lipinski definition) is 2. The van der Waals surface area contributed by atoms with Crippen LogP contribution in [-0.4, -0.2) is 31.1 Å². The van der Waals surface area contributed by atoms with Crippen LogP contribution in [0.4, 0.5) is 0 Å². The molecule has 0 aromatic rings. The van der Waals surface area contributed by atoms with Crippen molar-refractivity contribution < 1.29 is 9.84 Å². The Labute approximate surface area is 54.4 Å². The van der Waals surface area contributed by atoms with Gasteiger partial charge in [0.05, 0.1) is 6.61 Å². The molecule has 1 rings (SSSR count). The number of hydrogen-bond acceptors (Lipinski definition) is 3. The van der Waals surface area contributed by atoms with Crippen LogP contribution in [0.2, 0.25) is 0 Å². The molecule has 1 aliphatic heterocycles. The van der Waals surface area contributed by atoms with Crippen molar-refractivity contribution in [3.63, 3.8) is 0 Å². The summed E-state index contributed by atoms with van der Waals surface area (Å²) >= 11 is 0. The van der Waals surface area contributed by atoms with Gasteiger partial charge in [0.2, 0.25) is 0 Å². The maximum absolute atomic E-state index is 8.62. The molecule has 0 amide bonds. The SMILES string of the molecule is Cl.OC1CNCCO1. The molecule has 0 saturated carbocycles. The van der Waals surface area contributed by atoms with E-state index in [0.29, 0.717) is 13.2 Å². The summed E-state index contributed by atoms with van der Waals surface area (Å²) in [5.41, 5.74) is 0. The fourth-order valence-corrected chi connectivity index (χ4v) is 0.552. The molecule has 50 valence electrons. The van der Waals surface area contributed by atoms with Crippen molar-refractivity contribution in [1.82, 2.24) is 5.32 Å². The zero-order valence-corrected chi connectivity index (χ0v) is 5.28. The van der Waals surface area contributed by atoms with E-state index in [2.05, 4.69) is 5.32 Å². The average Bonchev–Trinajstić information content (AvgIpc) is 1.69. The zero-order valence-electron chi connectivity index (χ0n) is 4.46. The lowest BCUT2D eigenvalue weighted by Gasteiger charge is -2.17. The predicted octanol–water partition coefficient (Wildman–Crippen LogP) is -0.654. The van der Waals surface area contributed by atoms with E-state index in [0.717, 1.165) is 6.54 Å². The molecule has 1 atom stereocenters. The Bertz CT molecular complexity index is 56.0. The van der Waals surface area contributed by atoms with Crippen LogP contribution in [0.1, 0.15) is 0 Å². The molecule has 0 aromatic carbocycles. The van der Waals surface area contributed by atoms with Gasteiger partial charge in [-0.05, 0) is 0 Å². The number of β-amino-alcohol motifs (C(OH)–C–C–N with tert-alkyl or cyclic N) is 1. The van der Waals surface area contributed by atoms with Gasteiger partial charge in [-0.3, -0.25) is 0 Å². The van der Waals surface area contributed by atoms with Gasteiger partial charge < -0.3 is 15.2 Å². The van der Waals surface area contributed by atoms with E-state index >= 15 is 0 Å². The monoisotopic (exact) mass is 139 g/mol. The van der Waals surface area contributed by atoms with Gasteiger partial charge in [0, 0.05) is 13.1 Å². The lowest BCUT2D eigenvalue weighted by atomic mass is 10.5. The van der Waals surface area contributed by atoms with Crippen molar-refractivity contribution >= 4 is 12.4 Å². The van der Waals surface area contributed by atoms with Crippen LogP contribution in [0.3, 0.4) is 0 Å². The number of rotatable bonds is 0. The third kappa shape index (κ3) is 2.47. The quantitative estimate of drug-likeness (QED) is 0.469. The van der Waals surface area contributed by atoms with Crippen molar-refractivity contribution in [3.8, 4) is 0 Å². The molecule has 1 aliphatic rings. The first kappa shape index (κ1) is 8.17. The molecule has 1 fully saturated rings. The van der Waals surface area contributed by atoms with Gasteiger partial charge >= 0.3 is 0 Å². The fourth-order valence-electron chi connectivity index (χ4n) is 0.552. The van der Waals surface area contributed by atoms with Crippen LogP contribution in [0.15, 0.2) is 0 Å². The second kappa shape index (κ2) is 4.09. The highest BCUT2D eigenvalue weighted by atomic mass is 35.5. The molecule has 8 heavy (non-hydrogen) atoms. The van der Waals surface area contributed by atoms with Gasteiger partial charge in [-0.2, -0.15) is 0 Å². The summed E-state index contributed by atoms with van der Waals surface area (Å²) in [5.74, 6) is 0. The molecule has 0 radical (unpaired) electrons. The van der Waals surface area contributed by atoms with Crippen LogP contribution in [0.5, 0.6) is 0 Å². The first-order valence-corrected chi connectivity index (χ1v) is 2.40. The molecule has 0 bridgehead atoms. The number of aliphatic hydroxyl groups excluding tert-OH is 1.